The molecule has 0 aromatic heterocycles. The Hall–Kier alpha value is -2.89. The van der Waals surface area contributed by atoms with E-state index in [0.717, 1.165) is 6.42 Å². The Bertz CT molecular complexity index is 832. The topological polar surface area (TPSA) is 61.4 Å². The molecule has 0 radical (unpaired) electrons. The first-order valence-corrected chi connectivity index (χ1v) is 9.77. The van der Waals surface area contributed by atoms with Gasteiger partial charge in [0.2, 0.25) is 5.91 Å². The number of hydrogen-bond acceptors (Lipinski definition) is 3. The van der Waals surface area contributed by atoms with Crippen molar-refractivity contribution in [3.63, 3.8) is 0 Å². The summed E-state index contributed by atoms with van der Waals surface area (Å²) in [6, 6.07) is 13.7. The molecule has 2 amide bonds. The number of benzene rings is 2. The Morgan fingerprint density at radius 1 is 1.07 bits per heavy atom. The van der Waals surface area contributed by atoms with Crippen LogP contribution in [0.1, 0.15) is 36.5 Å². The molecular weight excluding hydrogens is 357 g/mol. The lowest BCUT2D eigenvalue weighted by atomic mass is 9.95. The quantitative estimate of drug-likeness (QED) is 0.797. The normalized spacial score (nSPS) is 14.6. The molecule has 0 spiro atoms. The van der Waals surface area contributed by atoms with Gasteiger partial charge in [0.15, 0.2) is 0 Å². The maximum Gasteiger partial charge on any atom is 0.253 e. The molecule has 1 aliphatic heterocycles. The van der Waals surface area contributed by atoms with Crippen LogP contribution in [0.4, 0.5) is 15.8 Å². The van der Waals surface area contributed by atoms with Gasteiger partial charge in [-0.2, -0.15) is 0 Å². The standard InChI is InChI=1S/C22H26FN3O2/c1-2-13-24-22(28)17-7-3-5-9-19(17)25-21(27)16-11-14-26(15-12-16)20-10-6-4-8-18(20)23/h3-10,16H,2,11-15H2,1H3,(H,24,28)(H,25,27). The van der Waals surface area contributed by atoms with Crippen LogP contribution in [0.15, 0.2) is 48.5 Å². The maximum absolute atomic E-state index is 14.0. The van der Waals surface area contributed by atoms with Gasteiger partial charge < -0.3 is 15.5 Å². The Morgan fingerprint density at radius 2 is 1.75 bits per heavy atom. The summed E-state index contributed by atoms with van der Waals surface area (Å²) >= 11 is 0. The van der Waals surface area contributed by atoms with Gasteiger partial charge in [-0.15, -0.1) is 0 Å². The van der Waals surface area contributed by atoms with Crippen LogP contribution in [0.2, 0.25) is 0 Å². The average molecular weight is 383 g/mol. The van der Waals surface area contributed by atoms with Gasteiger partial charge in [0, 0.05) is 25.6 Å². The molecule has 0 atom stereocenters. The molecule has 1 heterocycles. The Morgan fingerprint density at radius 3 is 2.46 bits per heavy atom. The number of nitrogens with zero attached hydrogens (tertiary/aromatic N) is 1. The molecule has 0 aliphatic carbocycles. The van der Waals surface area contributed by atoms with E-state index in [1.165, 1.54) is 6.07 Å². The van der Waals surface area contributed by atoms with Crippen molar-refractivity contribution >= 4 is 23.2 Å². The molecule has 0 saturated carbocycles. The number of carbonyl (C=O) groups is 2. The van der Waals surface area contributed by atoms with E-state index in [1.54, 1.807) is 36.4 Å². The van der Waals surface area contributed by atoms with Crippen molar-refractivity contribution < 1.29 is 14.0 Å². The van der Waals surface area contributed by atoms with Crippen LogP contribution in [0.5, 0.6) is 0 Å². The molecule has 5 nitrogen and oxygen atoms in total. The van der Waals surface area contributed by atoms with Gasteiger partial charge in [-0.1, -0.05) is 31.2 Å². The monoisotopic (exact) mass is 383 g/mol. The van der Waals surface area contributed by atoms with E-state index >= 15 is 0 Å². The Balaban J connectivity index is 1.61. The number of rotatable bonds is 6. The van der Waals surface area contributed by atoms with E-state index in [4.69, 9.17) is 0 Å². The lowest BCUT2D eigenvalue weighted by molar-refractivity contribution is -0.120. The molecule has 6 heteroatoms. The highest BCUT2D eigenvalue weighted by Crippen LogP contribution is 2.26. The zero-order valence-electron chi connectivity index (χ0n) is 16.1. The molecule has 2 N–H and O–H groups in total. The SMILES string of the molecule is CCCNC(=O)c1ccccc1NC(=O)C1CCN(c2ccccc2F)CC1. The fourth-order valence-electron chi connectivity index (χ4n) is 3.45. The summed E-state index contributed by atoms with van der Waals surface area (Å²) in [4.78, 5) is 27.0. The summed E-state index contributed by atoms with van der Waals surface area (Å²) < 4.78 is 14.0. The predicted molar refractivity (Wildman–Crippen MR) is 109 cm³/mol. The summed E-state index contributed by atoms with van der Waals surface area (Å²) in [6.45, 7) is 3.83. The van der Waals surface area contributed by atoms with Gasteiger partial charge in [0.05, 0.1) is 16.9 Å². The third kappa shape index (κ3) is 4.68. The minimum absolute atomic E-state index is 0.0936. The van der Waals surface area contributed by atoms with Gasteiger partial charge in [-0.25, -0.2) is 4.39 Å². The molecule has 1 saturated heterocycles. The van der Waals surface area contributed by atoms with E-state index < -0.39 is 0 Å². The van der Waals surface area contributed by atoms with E-state index in [-0.39, 0.29) is 23.5 Å². The van der Waals surface area contributed by atoms with E-state index in [0.29, 0.717) is 49.4 Å². The van der Waals surface area contributed by atoms with Crippen LogP contribution < -0.4 is 15.5 Å². The first-order valence-electron chi connectivity index (χ1n) is 9.77. The second kappa shape index (κ2) is 9.35. The van der Waals surface area contributed by atoms with Crippen LogP contribution in [-0.2, 0) is 4.79 Å². The number of piperidine rings is 1. The highest BCUT2D eigenvalue weighted by Gasteiger charge is 2.27. The van der Waals surface area contributed by atoms with Crippen LogP contribution in [0.3, 0.4) is 0 Å². The number of anilines is 2. The van der Waals surface area contributed by atoms with Crippen molar-refractivity contribution in [2.24, 2.45) is 5.92 Å². The summed E-state index contributed by atoms with van der Waals surface area (Å²) in [7, 11) is 0. The largest absolute Gasteiger partial charge is 0.369 e. The highest BCUT2D eigenvalue weighted by molar-refractivity contribution is 6.04. The van der Waals surface area contributed by atoms with Gasteiger partial charge >= 0.3 is 0 Å². The van der Waals surface area contributed by atoms with E-state index in [1.807, 2.05) is 17.9 Å². The van der Waals surface area contributed by atoms with Crippen molar-refractivity contribution in [3.8, 4) is 0 Å². The molecule has 1 aliphatic rings. The van der Waals surface area contributed by atoms with Crippen molar-refractivity contribution in [1.29, 1.82) is 0 Å². The van der Waals surface area contributed by atoms with Gasteiger partial charge in [0.25, 0.3) is 5.91 Å². The van der Waals surface area contributed by atoms with Gasteiger partial charge in [0.1, 0.15) is 5.82 Å². The smallest absolute Gasteiger partial charge is 0.253 e. The number of nitrogens with one attached hydrogen (secondary N) is 2. The molecule has 1 fully saturated rings. The number of hydrogen-bond donors (Lipinski definition) is 2. The zero-order chi connectivity index (χ0) is 19.9. The average Bonchev–Trinajstić information content (AvgIpc) is 2.73. The predicted octanol–water partition coefficient (Wildman–Crippen LogP) is 3.82. The van der Waals surface area contributed by atoms with Crippen molar-refractivity contribution in [1.82, 2.24) is 5.32 Å². The molecule has 3 rings (SSSR count). The summed E-state index contributed by atoms with van der Waals surface area (Å²) in [5.74, 6) is -0.678. The minimum Gasteiger partial charge on any atom is -0.369 e. The summed E-state index contributed by atoms with van der Waals surface area (Å²) in [5, 5.41) is 5.75. The van der Waals surface area contributed by atoms with Crippen LogP contribution in [0.25, 0.3) is 0 Å². The molecule has 2 aromatic carbocycles. The summed E-state index contributed by atoms with van der Waals surface area (Å²) in [6.07, 6.45) is 2.13. The number of para-hydroxylation sites is 2. The minimum atomic E-state index is -0.238. The number of halogens is 1. The first-order chi connectivity index (χ1) is 13.6. The van der Waals surface area contributed by atoms with E-state index in [2.05, 4.69) is 10.6 Å². The molecule has 2 aromatic rings. The van der Waals surface area contributed by atoms with Crippen LogP contribution in [0, 0.1) is 11.7 Å². The van der Waals surface area contributed by atoms with Crippen LogP contribution >= 0.6 is 0 Å². The van der Waals surface area contributed by atoms with Gasteiger partial charge in [-0.05, 0) is 43.5 Å². The van der Waals surface area contributed by atoms with Crippen molar-refractivity contribution in [2.75, 3.05) is 29.9 Å². The molecule has 0 unspecified atom stereocenters. The Labute approximate surface area is 164 Å². The molecule has 28 heavy (non-hydrogen) atoms. The third-order valence-corrected chi connectivity index (χ3v) is 5.02. The Kier molecular flexibility index (Phi) is 6.63. The fourth-order valence-corrected chi connectivity index (χ4v) is 3.45. The number of carbonyl (C=O) groups excluding carboxylic acids is 2. The molecule has 148 valence electrons. The summed E-state index contributed by atoms with van der Waals surface area (Å²) in [5.41, 5.74) is 1.57. The van der Waals surface area contributed by atoms with E-state index in [9.17, 15) is 14.0 Å². The number of amides is 2. The zero-order valence-corrected chi connectivity index (χ0v) is 16.1. The first kappa shape index (κ1) is 19.9. The third-order valence-electron chi connectivity index (χ3n) is 5.02. The fraction of sp³-hybridized carbons (Fsp3) is 0.364. The lowest BCUT2D eigenvalue weighted by Crippen LogP contribution is -2.38. The lowest BCUT2D eigenvalue weighted by Gasteiger charge is -2.33. The maximum atomic E-state index is 14.0. The van der Waals surface area contributed by atoms with Crippen LogP contribution in [-0.4, -0.2) is 31.4 Å². The van der Waals surface area contributed by atoms with Gasteiger partial charge in [-0.3, -0.25) is 9.59 Å². The second-order valence-electron chi connectivity index (χ2n) is 7.00. The van der Waals surface area contributed by atoms with Crippen molar-refractivity contribution in [2.45, 2.75) is 26.2 Å². The second-order valence-corrected chi connectivity index (χ2v) is 7.00. The highest BCUT2D eigenvalue weighted by atomic mass is 19.1. The molecule has 0 bridgehead atoms. The molecular formula is C22H26FN3O2. The van der Waals surface area contributed by atoms with Crippen molar-refractivity contribution in [3.05, 3.63) is 59.9 Å².